The molecular formula is C23H33NO4. The van der Waals surface area contributed by atoms with Crippen LogP contribution in [0.4, 0.5) is 5.69 Å². The molecule has 0 aromatic heterocycles. The molecule has 0 spiro atoms. The average Bonchev–Trinajstić information content (AvgIpc) is 3.01. The Morgan fingerprint density at radius 2 is 1.89 bits per heavy atom. The lowest BCUT2D eigenvalue weighted by Gasteiger charge is -2.48. The van der Waals surface area contributed by atoms with Crippen molar-refractivity contribution in [2.24, 2.45) is 17.3 Å². The zero-order valence-corrected chi connectivity index (χ0v) is 17.1. The zero-order valence-electron chi connectivity index (χ0n) is 17.1. The van der Waals surface area contributed by atoms with Gasteiger partial charge in [-0.15, -0.1) is 0 Å². The molecular weight excluding hydrogens is 354 g/mol. The molecule has 3 aliphatic rings. The number of hydrogen-bond acceptors (Lipinski definition) is 5. The van der Waals surface area contributed by atoms with Crippen molar-refractivity contribution in [2.45, 2.75) is 51.4 Å². The van der Waals surface area contributed by atoms with Crippen molar-refractivity contribution in [2.75, 3.05) is 38.3 Å². The van der Waals surface area contributed by atoms with Gasteiger partial charge in [-0.2, -0.15) is 0 Å². The van der Waals surface area contributed by atoms with E-state index in [1.54, 1.807) is 7.11 Å². The lowest BCUT2D eigenvalue weighted by Crippen LogP contribution is -2.42. The van der Waals surface area contributed by atoms with Crippen molar-refractivity contribution in [3.05, 3.63) is 23.3 Å². The molecule has 0 saturated heterocycles. The van der Waals surface area contributed by atoms with Crippen molar-refractivity contribution >= 4 is 11.5 Å². The summed E-state index contributed by atoms with van der Waals surface area (Å²) in [4.78, 5) is 14.6. The number of aliphatic hydroxyl groups excluding tert-OH is 2. The van der Waals surface area contributed by atoms with Crippen LogP contribution in [0.1, 0.15) is 56.1 Å². The number of Topliss-reactive ketones (excluding diaryl/α,β-unsaturated/α-hetero) is 1. The molecule has 0 unspecified atom stereocenters. The van der Waals surface area contributed by atoms with Crippen molar-refractivity contribution in [1.29, 1.82) is 0 Å². The molecule has 1 aromatic rings. The number of anilines is 1. The van der Waals surface area contributed by atoms with Crippen LogP contribution in [-0.4, -0.2) is 49.4 Å². The van der Waals surface area contributed by atoms with Gasteiger partial charge in [-0.25, -0.2) is 0 Å². The van der Waals surface area contributed by atoms with Gasteiger partial charge >= 0.3 is 0 Å². The number of benzene rings is 1. The van der Waals surface area contributed by atoms with Crippen LogP contribution in [0.3, 0.4) is 0 Å². The normalized spacial score (nSPS) is 31.1. The van der Waals surface area contributed by atoms with E-state index >= 15 is 0 Å². The van der Waals surface area contributed by atoms with E-state index in [1.807, 2.05) is 4.90 Å². The molecule has 1 aromatic carbocycles. The van der Waals surface area contributed by atoms with Gasteiger partial charge in [-0.3, -0.25) is 4.79 Å². The third-order valence-electron chi connectivity index (χ3n) is 7.81. The third kappa shape index (κ3) is 3.03. The van der Waals surface area contributed by atoms with Gasteiger partial charge < -0.3 is 19.8 Å². The molecule has 28 heavy (non-hydrogen) atoms. The van der Waals surface area contributed by atoms with E-state index in [0.717, 1.165) is 50.0 Å². The number of rotatable bonds is 6. The minimum Gasteiger partial charge on any atom is -0.495 e. The van der Waals surface area contributed by atoms with E-state index < -0.39 is 0 Å². The summed E-state index contributed by atoms with van der Waals surface area (Å²) < 4.78 is 5.67. The summed E-state index contributed by atoms with van der Waals surface area (Å²) in [6.07, 6.45) is 6.07. The maximum absolute atomic E-state index is 12.6. The first-order valence-corrected chi connectivity index (χ1v) is 10.7. The maximum Gasteiger partial charge on any atom is 0.142 e. The molecule has 3 aliphatic carbocycles. The highest BCUT2D eigenvalue weighted by atomic mass is 16.5. The van der Waals surface area contributed by atoms with E-state index in [1.165, 1.54) is 11.1 Å². The second-order valence-corrected chi connectivity index (χ2v) is 8.99. The van der Waals surface area contributed by atoms with Gasteiger partial charge in [0.2, 0.25) is 0 Å². The second-order valence-electron chi connectivity index (χ2n) is 8.99. The van der Waals surface area contributed by atoms with Gasteiger partial charge in [0.1, 0.15) is 11.5 Å². The number of aryl methyl sites for hydroxylation is 1. The van der Waals surface area contributed by atoms with E-state index in [-0.39, 0.29) is 18.6 Å². The van der Waals surface area contributed by atoms with E-state index in [9.17, 15) is 15.0 Å². The molecule has 0 amide bonds. The first-order chi connectivity index (χ1) is 13.5. The predicted molar refractivity (Wildman–Crippen MR) is 109 cm³/mol. The summed E-state index contributed by atoms with van der Waals surface area (Å²) >= 11 is 0. The quantitative estimate of drug-likeness (QED) is 0.785. The molecule has 4 atom stereocenters. The van der Waals surface area contributed by atoms with Gasteiger partial charge in [0.05, 0.1) is 26.0 Å². The highest BCUT2D eigenvalue weighted by Gasteiger charge is 2.54. The summed E-state index contributed by atoms with van der Waals surface area (Å²) in [7, 11) is 1.68. The van der Waals surface area contributed by atoms with Crippen LogP contribution in [0, 0.1) is 17.3 Å². The molecule has 2 saturated carbocycles. The number of hydrogen-bond donors (Lipinski definition) is 2. The van der Waals surface area contributed by atoms with Crippen LogP contribution in [-0.2, 0) is 11.2 Å². The fourth-order valence-electron chi connectivity index (χ4n) is 6.36. The molecule has 0 bridgehead atoms. The molecule has 0 radical (unpaired) electrons. The number of carbonyl (C=O) groups is 1. The molecule has 5 nitrogen and oxygen atoms in total. The van der Waals surface area contributed by atoms with Gasteiger partial charge in [-0.05, 0) is 73.1 Å². The lowest BCUT2D eigenvalue weighted by molar-refractivity contribution is -0.129. The third-order valence-corrected chi connectivity index (χ3v) is 7.81. The van der Waals surface area contributed by atoms with E-state index in [4.69, 9.17) is 4.74 Å². The number of aliphatic hydroxyl groups is 2. The summed E-state index contributed by atoms with van der Waals surface area (Å²) in [6, 6.07) is 4.41. The first-order valence-electron chi connectivity index (χ1n) is 10.7. The average molecular weight is 388 g/mol. The van der Waals surface area contributed by atoms with E-state index in [2.05, 4.69) is 19.1 Å². The minimum atomic E-state index is -0.103. The molecule has 0 aliphatic heterocycles. The number of carbonyl (C=O) groups excluding carboxylic acids is 1. The predicted octanol–water partition coefficient (Wildman–Crippen LogP) is 2.91. The van der Waals surface area contributed by atoms with Crippen LogP contribution in [0.2, 0.25) is 0 Å². The second kappa shape index (κ2) is 7.68. The van der Waals surface area contributed by atoms with Gasteiger partial charge in [0, 0.05) is 24.9 Å². The zero-order chi connectivity index (χ0) is 19.9. The summed E-state index contributed by atoms with van der Waals surface area (Å²) in [5, 5.41) is 18.9. The smallest absolute Gasteiger partial charge is 0.142 e. The summed E-state index contributed by atoms with van der Waals surface area (Å²) in [5.41, 5.74) is 3.62. The number of ether oxygens (including phenoxy) is 1. The van der Waals surface area contributed by atoms with Crippen molar-refractivity contribution in [1.82, 2.24) is 0 Å². The number of fused-ring (bicyclic) bond motifs is 5. The Bertz CT molecular complexity index is 742. The Hall–Kier alpha value is -1.59. The van der Waals surface area contributed by atoms with Crippen molar-refractivity contribution in [3.63, 3.8) is 0 Å². The largest absolute Gasteiger partial charge is 0.495 e. The van der Waals surface area contributed by atoms with Crippen molar-refractivity contribution < 1.29 is 19.7 Å². The Kier molecular flexibility index (Phi) is 5.41. The van der Waals surface area contributed by atoms with Crippen molar-refractivity contribution in [3.8, 4) is 5.75 Å². The highest BCUT2D eigenvalue weighted by molar-refractivity contribution is 5.87. The minimum absolute atomic E-state index is 0.0365. The first kappa shape index (κ1) is 19.7. The topological polar surface area (TPSA) is 70.0 Å². The Morgan fingerprint density at radius 3 is 2.57 bits per heavy atom. The SMILES string of the molecule is COc1cc2c(cc1N(CCO)CCO)[C@H]1CC[C@]3(C)C(=O)CC[C@H]3[C@@H]1CC2. The van der Waals surface area contributed by atoms with Crippen LogP contribution in [0.15, 0.2) is 12.1 Å². The standard InChI is InChI=1S/C23H33NO4/c1-23-8-7-16-17(19(23)5-6-22(23)27)4-3-15-13-21(28-2)20(14-18(15)16)24(9-11-25)10-12-26/h13-14,16-17,19,25-26H,3-12H2,1-2H3/t16-,17+,19-,23-/m0/s1. The van der Waals surface area contributed by atoms with Crippen LogP contribution in [0.5, 0.6) is 5.75 Å². The molecule has 5 heteroatoms. The summed E-state index contributed by atoms with van der Waals surface area (Å²) in [6.45, 7) is 3.23. The molecule has 2 N–H and O–H groups in total. The maximum atomic E-state index is 12.6. The fourth-order valence-corrected chi connectivity index (χ4v) is 6.36. The number of methoxy groups -OCH3 is 1. The molecule has 2 fully saturated rings. The van der Waals surface area contributed by atoms with Gasteiger partial charge in [0.25, 0.3) is 0 Å². The van der Waals surface area contributed by atoms with Crippen LogP contribution in [0.25, 0.3) is 0 Å². The Labute approximate surface area is 167 Å². The highest BCUT2D eigenvalue weighted by Crippen LogP contribution is 2.60. The van der Waals surface area contributed by atoms with Gasteiger partial charge in [0.15, 0.2) is 0 Å². The van der Waals surface area contributed by atoms with Crippen LogP contribution >= 0.6 is 0 Å². The molecule has 4 rings (SSSR count). The Balaban J connectivity index is 1.71. The Morgan fingerprint density at radius 1 is 1.14 bits per heavy atom. The molecule has 154 valence electrons. The molecule has 0 heterocycles. The monoisotopic (exact) mass is 387 g/mol. The lowest BCUT2D eigenvalue weighted by atomic mass is 9.55. The number of ketones is 1. The van der Waals surface area contributed by atoms with Gasteiger partial charge in [-0.1, -0.05) is 6.92 Å². The summed E-state index contributed by atoms with van der Waals surface area (Å²) in [5.74, 6) is 2.90. The van der Waals surface area contributed by atoms with Crippen LogP contribution < -0.4 is 9.64 Å². The van der Waals surface area contributed by atoms with E-state index in [0.29, 0.717) is 36.6 Å². The fraction of sp³-hybridized carbons (Fsp3) is 0.696. The number of nitrogens with zero attached hydrogens (tertiary/aromatic N) is 1.